The van der Waals surface area contributed by atoms with Crippen LogP contribution < -0.4 is 5.32 Å². The maximum absolute atomic E-state index is 12.6. The van der Waals surface area contributed by atoms with Crippen molar-refractivity contribution in [2.75, 3.05) is 0 Å². The van der Waals surface area contributed by atoms with Crippen molar-refractivity contribution in [2.45, 2.75) is 31.7 Å². The van der Waals surface area contributed by atoms with E-state index < -0.39 is 0 Å². The summed E-state index contributed by atoms with van der Waals surface area (Å²) in [6, 6.07) is 13.4. The number of nitrogens with zero attached hydrogens (tertiary/aromatic N) is 2. The van der Waals surface area contributed by atoms with E-state index in [-0.39, 0.29) is 11.4 Å². The van der Waals surface area contributed by atoms with E-state index in [0.29, 0.717) is 17.0 Å². The van der Waals surface area contributed by atoms with Crippen molar-refractivity contribution in [3.05, 3.63) is 63.4 Å². The fourth-order valence-corrected chi connectivity index (χ4v) is 3.29. The van der Waals surface area contributed by atoms with Gasteiger partial charge in [0, 0.05) is 4.47 Å². The first-order chi connectivity index (χ1) is 11.0. The predicted octanol–water partition coefficient (Wildman–Crippen LogP) is 3.83. The van der Waals surface area contributed by atoms with Crippen molar-refractivity contribution in [1.29, 1.82) is 5.26 Å². The van der Waals surface area contributed by atoms with Crippen LogP contribution in [0.5, 0.6) is 0 Å². The second-order valence-corrected chi connectivity index (χ2v) is 6.76. The molecular weight excluding hydrogens is 354 g/mol. The lowest BCUT2D eigenvalue weighted by Gasteiger charge is -2.43. The van der Waals surface area contributed by atoms with E-state index in [4.69, 9.17) is 5.26 Å². The molecular formula is C18H16BrN3O. The molecule has 1 aromatic carbocycles. The maximum Gasteiger partial charge on any atom is 0.270 e. The minimum atomic E-state index is -0.315. The average Bonchev–Trinajstić information content (AvgIpc) is 2.50. The van der Waals surface area contributed by atoms with Gasteiger partial charge in [-0.25, -0.2) is 4.98 Å². The molecule has 1 heterocycles. The first-order valence-corrected chi connectivity index (χ1v) is 8.30. The van der Waals surface area contributed by atoms with Crippen LogP contribution in [0.1, 0.15) is 46.6 Å². The topological polar surface area (TPSA) is 65.8 Å². The number of carbonyl (C=O) groups is 1. The van der Waals surface area contributed by atoms with Gasteiger partial charge < -0.3 is 5.32 Å². The zero-order valence-corrected chi connectivity index (χ0v) is 14.4. The number of nitriles is 1. The number of amides is 1. The van der Waals surface area contributed by atoms with Gasteiger partial charge in [0.05, 0.1) is 16.8 Å². The zero-order chi connectivity index (χ0) is 16.4. The second kappa shape index (κ2) is 6.13. The lowest BCUT2D eigenvalue weighted by atomic mass is 9.71. The lowest BCUT2D eigenvalue weighted by Crippen LogP contribution is -2.51. The number of hydrogen-bond acceptors (Lipinski definition) is 3. The first-order valence-electron chi connectivity index (χ1n) is 7.50. The van der Waals surface area contributed by atoms with Gasteiger partial charge >= 0.3 is 0 Å². The van der Waals surface area contributed by atoms with Crippen LogP contribution in [-0.4, -0.2) is 10.9 Å². The summed E-state index contributed by atoms with van der Waals surface area (Å²) in [5.41, 5.74) is 2.21. The number of aromatic nitrogens is 1. The van der Waals surface area contributed by atoms with E-state index >= 15 is 0 Å². The second-order valence-electron chi connectivity index (χ2n) is 5.84. The molecule has 23 heavy (non-hydrogen) atoms. The molecule has 0 spiro atoms. The predicted molar refractivity (Wildman–Crippen MR) is 90.8 cm³/mol. The highest BCUT2D eigenvalue weighted by atomic mass is 79.9. The zero-order valence-electron chi connectivity index (χ0n) is 12.8. The lowest BCUT2D eigenvalue weighted by molar-refractivity contribution is 0.0818. The van der Waals surface area contributed by atoms with Gasteiger partial charge in [0.1, 0.15) is 11.8 Å². The van der Waals surface area contributed by atoms with Crippen LogP contribution in [-0.2, 0) is 5.54 Å². The molecule has 5 heteroatoms. The molecule has 4 nitrogen and oxygen atoms in total. The third-order valence-corrected chi connectivity index (χ3v) is 4.87. The van der Waals surface area contributed by atoms with Crippen molar-refractivity contribution < 1.29 is 4.79 Å². The summed E-state index contributed by atoms with van der Waals surface area (Å²) in [4.78, 5) is 16.8. The number of pyridine rings is 1. The van der Waals surface area contributed by atoms with Crippen LogP contribution in [0.3, 0.4) is 0 Å². The molecule has 0 radical (unpaired) electrons. The third kappa shape index (κ3) is 2.99. The van der Waals surface area contributed by atoms with Gasteiger partial charge in [-0.05, 0) is 56.0 Å². The Bertz CT molecular complexity index is 806. The fourth-order valence-electron chi connectivity index (χ4n) is 2.89. The summed E-state index contributed by atoms with van der Waals surface area (Å²) in [5.74, 6) is -0.197. The Morgan fingerprint density at radius 2 is 2.13 bits per heavy atom. The van der Waals surface area contributed by atoms with Crippen LogP contribution in [0.15, 0.2) is 40.9 Å². The number of benzene rings is 1. The van der Waals surface area contributed by atoms with Crippen molar-refractivity contribution in [3.8, 4) is 6.07 Å². The third-order valence-electron chi connectivity index (χ3n) is 4.38. The van der Waals surface area contributed by atoms with E-state index in [1.54, 1.807) is 19.1 Å². The summed E-state index contributed by atoms with van der Waals surface area (Å²) in [6.07, 6.45) is 2.93. The van der Waals surface area contributed by atoms with Gasteiger partial charge in [-0.2, -0.15) is 5.26 Å². The number of carbonyl (C=O) groups excluding carboxylic acids is 1. The molecule has 2 aromatic rings. The Kier molecular flexibility index (Phi) is 4.18. The van der Waals surface area contributed by atoms with Crippen molar-refractivity contribution in [1.82, 2.24) is 10.3 Å². The largest absolute Gasteiger partial charge is 0.341 e. The van der Waals surface area contributed by atoms with Gasteiger partial charge in [-0.15, -0.1) is 0 Å². The van der Waals surface area contributed by atoms with E-state index in [0.717, 1.165) is 29.3 Å². The average molecular weight is 370 g/mol. The molecule has 1 aliphatic carbocycles. The normalized spacial score (nSPS) is 15.3. The van der Waals surface area contributed by atoms with Crippen LogP contribution >= 0.6 is 15.9 Å². The SMILES string of the molecule is Cc1nc(C(=O)NC2(c3cccc(Br)c3)CCC2)ccc1C#N. The smallest absolute Gasteiger partial charge is 0.270 e. The molecule has 1 N–H and O–H groups in total. The van der Waals surface area contributed by atoms with Crippen molar-refractivity contribution >= 4 is 21.8 Å². The van der Waals surface area contributed by atoms with E-state index in [9.17, 15) is 4.79 Å². The van der Waals surface area contributed by atoms with Crippen LogP contribution in [0.4, 0.5) is 0 Å². The molecule has 0 atom stereocenters. The van der Waals surface area contributed by atoms with Crippen molar-refractivity contribution in [2.24, 2.45) is 0 Å². The number of halogens is 1. The van der Waals surface area contributed by atoms with E-state index in [2.05, 4.69) is 38.4 Å². The summed E-state index contributed by atoms with van der Waals surface area (Å²) in [7, 11) is 0. The van der Waals surface area contributed by atoms with Crippen LogP contribution in [0.25, 0.3) is 0 Å². The minimum Gasteiger partial charge on any atom is -0.341 e. The summed E-state index contributed by atoms with van der Waals surface area (Å²) >= 11 is 3.49. The highest BCUT2D eigenvalue weighted by Gasteiger charge is 2.40. The number of rotatable bonds is 3. The Morgan fingerprint density at radius 1 is 1.35 bits per heavy atom. The quantitative estimate of drug-likeness (QED) is 0.893. The molecule has 1 saturated carbocycles. The summed E-state index contributed by atoms with van der Waals surface area (Å²) < 4.78 is 1.00. The molecule has 116 valence electrons. The number of nitrogens with one attached hydrogen (secondary N) is 1. The van der Waals surface area contributed by atoms with Gasteiger partial charge in [0.25, 0.3) is 5.91 Å². The molecule has 0 unspecified atom stereocenters. The van der Waals surface area contributed by atoms with Gasteiger partial charge in [-0.3, -0.25) is 4.79 Å². The molecule has 1 fully saturated rings. The van der Waals surface area contributed by atoms with E-state index in [1.807, 2.05) is 18.2 Å². The van der Waals surface area contributed by atoms with Crippen LogP contribution in [0, 0.1) is 18.3 Å². The monoisotopic (exact) mass is 369 g/mol. The van der Waals surface area contributed by atoms with Gasteiger partial charge in [0.15, 0.2) is 0 Å². The van der Waals surface area contributed by atoms with Crippen LogP contribution in [0.2, 0.25) is 0 Å². The molecule has 1 aliphatic rings. The highest BCUT2D eigenvalue weighted by molar-refractivity contribution is 9.10. The summed E-state index contributed by atoms with van der Waals surface area (Å²) in [6.45, 7) is 1.74. The fraction of sp³-hybridized carbons (Fsp3) is 0.278. The Hall–Kier alpha value is -2.19. The Labute approximate surface area is 143 Å². The molecule has 0 aliphatic heterocycles. The standard InChI is InChI=1S/C18H16BrN3O/c1-12-13(11-20)6-7-16(21-12)17(23)22-18(8-3-9-18)14-4-2-5-15(19)10-14/h2,4-7,10H,3,8-9H2,1H3,(H,22,23). The number of hydrogen-bond donors (Lipinski definition) is 1. The molecule has 0 saturated heterocycles. The Morgan fingerprint density at radius 3 is 2.70 bits per heavy atom. The highest BCUT2D eigenvalue weighted by Crippen LogP contribution is 2.42. The molecule has 0 bridgehead atoms. The van der Waals surface area contributed by atoms with E-state index in [1.165, 1.54) is 0 Å². The summed E-state index contributed by atoms with van der Waals surface area (Å²) in [5, 5.41) is 12.1. The molecule has 3 rings (SSSR count). The van der Waals surface area contributed by atoms with Crippen molar-refractivity contribution in [3.63, 3.8) is 0 Å². The Balaban J connectivity index is 1.86. The molecule has 1 amide bonds. The minimum absolute atomic E-state index is 0.197. The first kappa shape index (κ1) is 15.7. The maximum atomic E-state index is 12.6. The molecule has 1 aromatic heterocycles. The van der Waals surface area contributed by atoms with Gasteiger partial charge in [0.2, 0.25) is 0 Å². The van der Waals surface area contributed by atoms with Gasteiger partial charge in [-0.1, -0.05) is 28.1 Å². The number of aryl methyl sites for hydroxylation is 1.